The molecule has 0 unspecified atom stereocenters. The van der Waals surface area contributed by atoms with Gasteiger partial charge in [0, 0.05) is 52.4 Å². The molecule has 6 N–H and O–H groups in total. The average Bonchev–Trinajstić information content (AvgIpc) is 2.67. The standard InChI is InChI=1S/C18H32N6O8/c19-14(25)9-20-15(26)10-21-1-3-22(11-16(27)28)5-7-24(13-18(31)32)8-6-23(4-2-21)12-17(29)30/h1-13H2,(H2,19,25)(H,20,26)(H,27,28)(H,29,30)(H,31,32). The first-order chi connectivity index (χ1) is 15.0. The summed E-state index contributed by atoms with van der Waals surface area (Å²) in [7, 11) is 0. The number of carbonyl (C=O) groups excluding carboxylic acids is 2. The van der Waals surface area contributed by atoms with Crippen molar-refractivity contribution in [2.75, 3.05) is 85.1 Å². The molecule has 0 atom stereocenters. The first kappa shape index (κ1) is 27.2. The van der Waals surface area contributed by atoms with Crippen LogP contribution in [0, 0.1) is 0 Å². The summed E-state index contributed by atoms with van der Waals surface area (Å²) >= 11 is 0. The zero-order chi connectivity index (χ0) is 24.1. The van der Waals surface area contributed by atoms with Crippen LogP contribution in [0.3, 0.4) is 0 Å². The van der Waals surface area contributed by atoms with Crippen molar-refractivity contribution >= 4 is 29.7 Å². The number of nitrogens with zero attached hydrogens (tertiary/aromatic N) is 4. The molecule has 0 aliphatic carbocycles. The van der Waals surface area contributed by atoms with E-state index in [1.54, 1.807) is 19.6 Å². The number of rotatable bonds is 10. The molecule has 14 nitrogen and oxygen atoms in total. The Kier molecular flexibility index (Phi) is 12.2. The highest BCUT2D eigenvalue weighted by molar-refractivity contribution is 5.84. The fourth-order valence-corrected chi connectivity index (χ4v) is 3.23. The monoisotopic (exact) mass is 460 g/mol. The lowest BCUT2D eigenvalue weighted by Gasteiger charge is -2.32. The first-order valence-corrected chi connectivity index (χ1v) is 10.1. The number of nitrogens with two attached hydrogens (primary N) is 1. The molecule has 32 heavy (non-hydrogen) atoms. The number of carboxylic acid groups (broad SMARTS) is 3. The van der Waals surface area contributed by atoms with Gasteiger partial charge in [-0.15, -0.1) is 0 Å². The second kappa shape index (κ2) is 14.3. The number of nitrogens with one attached hydrogen (secondary N) is 1. The molecule has 2 amide bonds. The van der Waals surface area contributed by atoms with Crippen LogP contribution in [0.2, 0.25) is 0 Å². The number of amides is 2. The minimum atomic E-state index is -1.03. The third-order valence-electron chi connectivity index (χ3n) is 4.83. The summed E-state index contributed by atoms with van der Waals surface area (Å²) in [4.78, 5) is 63.3. The summed E-state index contributed by atoms with van der Waals surface area (Å²) in [5.41, 5.74) is 5.03. The molecule has 0 bridgehead atoms. The van der Waals surface area contributed by atoms with Crippen LogP contribution >= 0.6 is 0 Å². The summed E-state index contributed by atoms with van der Waals surface area (Å²) in [5.74, 6) is -4.20. The molecule has 0 aromatic carbocycles. The summed E-state index contributed by atoms with van der Waals surface area (Å²) in [6.07, 6.45) is 0. The van der Waals surface area contributed by atoms with Crippen LogP contribution in [0.5, 0.6) is 0 Å². The van der Waals surface area contributed by atoms with E-state index >= 15 is 0 Å². The molecule has 14 heteroatoms. The van der Waals surface area contributed by atoms with E-state index in [4.69, 9.17) is 10.8 Å². The smallest absolute Gasteiger partial charge is 0.317 e. The second-order valence-corrected chi connectivity index (χ2v) is 7.53. The molecule has 182 valence electrons. The molecular formula is C18H32N6O8. The lowest BCUT2D eigenvalue weighted by Crippen LogP contribution is -2.50. The molecule has 0 spiro atoms. The summed E-state index contributed by atoms with van der Waals surface area (Å²) < 4.78 is 0. The number of primary amides is 1. The van der Waals surface area contributed by atoms with Crippen molar-refractivity contribution in [3.05, 3.63) is 0 Å². The molecule has 0 aromatic heterocycles. The van der Waals surface area contributed by atoms with Gasteiger partial charge in [-0.3, -0.25) is 43.6 Å². The minimum absolute atomic E-state index is 0.0692. The Bertz CT molecular complexity index is 644. The topological polar surface area (TPSA) is 197 Å². The number of carboxylic acids is 3. The van der Waals surface area contributed by atoms with Crippen molar-refractivity contribution in [3.63, 3.8) is 0 Å². The summed E-state index contributed by atoms with van der Waals surface area (Å²) in [6.45, 7) is 1.30. The Hall–Kier alpha value is -2.81. The highest BCUT2D eigenvalue weighted by Gasteiger charge is 2.21. The highest BCUT2D eigenvalue weighted by Crippen LogP contribution is 2.01. The maximum absolute atomic E-state index is 12.1. The second-order valence-electron chi connectivity index (χ2n) is 7.53. The maximum atomic E-state index is 12.1. The number of carbonyl (C=O) groups is 5. The van der Waals surface area contributed by atoms with Gasteiger partial charge in [0.1, 0.15) is 0 Å². The first-order valence-electron chi connectivity index (χ1n) is 10.1. The van der Waals surface area contributed by atoms with Crippen LogP contribution in [-0.4, -0.2) is 150 Å². The molecule has 0 aromatic rings. The van der Waals surface area contributed by atoms with Gasteiger partial charge in [-0.05, 0) is 0 Å². The van der Waals surface area contributed by atoms with Crippen LogP contribution in [0.4, 0.5) is 0 Å². The SMILES string of the molecule is NC(=O)CNC(=O)CN1CCN(CC(=O)O)CCN(CC(=O)O)CCN(CC(=O)O)CC1. The van der Waals surface area contributed by atoms with E-state index in [0.29, 0.717) is 52.4 Å². The van der Waals surface area contributed by atoms with Crippen molar-refractivity contribution in [2.45, 2.75) is 0 Å². The quantitative estimate of drug-likeness (QED) is 0.212. The molecule has 1 rings (SSSR count). The Labute approximate surface area is 185 Å². The van der Waals surface area contributed by atoms with Crippen molar-refractivity contribution in [1.82, 2.24) is 24.9 Å². The lowest BCUT2D eigenvalue weighted by molar-refractivity contribution is -0.140. The summed E-state index contributed by atoms with van der Waals surface area (Å²) in [6, 6.07) is 0. The Morgan fingerprint density at radius 2 is 0.875 bits per heavy atom. The number of hydrogen-bond donors (Lipinski definition) is 5. The molecule has 1 aliphatic heterocycles. The van der Waals surface area contributed by atoms with Crippen molar-refractivity contribution < 1.29 is 39.3 Å². The lowest BCUT2D eigenvalue weighted by atomic mass is 10.3. The third kappa shape index (κ3) is 12.8. The van der Waals surface area contributed by atoms with Crippen molar-refractivity contribution in [3.8, 4) is 0 Å². The average molecular weight is 460 g/mol. The van der Waals surface area contributed by atoms with Crippen LogP contribution in [-0.2, 0) is 24.0 Å². The molecule has 1 saturated heterocycles. The zero-order valence-corrected chi connectivity index (χ0v) is 17.9. The molecule has 0 saturated carbocycles. The third-order valence-corrected chi connectivity index (χ3v) is 4.83. The van der Waals surface area contributed by atoms with Gasteiger partial charge in [-0.1, -0.05) is 0 Å². The number of hydrogen-bond acceptors (Lipinski definition) is 9. The predicted molar refractivity (Wildman–Crippen MR) is 111 cm³/mol. The Balaban J connectivity index is 2.92. The van der Waals surface area contributed by atoms with E-state index in [9.17, 15) is 34.2 Å². The largest absolute Gasteiger partial charge is 0.480 e. The maximum Gasteiger partial charge on any atom is 0.317 e. The van der Waals surface area contributed by atoms with Crippen LogP contribution in [0.1, 0.15) is 0 Å². The predicted octanol–water partition coefficient (Wildman–Crippen LogP) is -3.94. The highest BCUT2D eigenvalue weighted by atomic mass is 16.4. The Morgan fingerprint density at radius 3 is 1.12 bits per heavy atom. The van der Waals surface area contributed by atoms with Gasteiger partial charge < -0.3 is 26.4 Å². The normalized spacial score (nSPS) is 18.2. The van der Waals surface area contributed by atoms with Gasteiger partial charge in [0.2, 0.25) is 11.8 Å². The van der Waals surface area contributed by atoms with Gasteiger partial charge in [-0.25, -0.2) is 0 Å². The molecular weight excluding hydrogens is 428 g/mol. The molecule has 0 radical (unpaired) electrons. The summed E-state index contributed by atoms with van der Waals surface area (Å²) in [5, 5.41) is 29.9. The van der Waals surface area contributed by atoms with Crippen LogP contribution in [0.25, 0.3) is 0 Å². The van der Waals surface area contributed by atoms with Gasteiger partial charge in [0.15, 0.2) is 0 Å². The van der Waals surface area contributed by atoms with Gasteiger partial charge in [0.05, 0.1) is 32.7 Å². The fraction of sp³-hybridized carbons (Fsp3) is 0.722. The molecule has 1 aliphatic rings. The number of aliphatic carboxylic acids is 3. The van der Waals surface area contributed by atoms with Gasteiger partial charge in [-0.2, -0.15) is 0 Å². The van der Waals surface area contributed by atoms with E-state index in [2.05, 4.69) is 5.32 Å². The van der Waals surface area contributed by atoms with E-state index in [-0.39, 0.29) is 32.7 Å². The van der Waals surface area contributed by atoms with Gasteiger partial charge >= 0.3 is 17.9 Å². The van der Waals surface area contributed by atoms with E-state index < -0.39 is 29.7 Å². The van der Waals surface area contributed by atoms with E-state index in [0.717, 1.165) is 0 Å². The van der Waals surface area contributed by atoms with E-state index in [1.165, 1.54) is 0 Å². The van der Waals surface area contributed by atoms with Gasteiger partial charge in [0.25, 0.3) is 0 Å². The zero-order valence-electron chi connectivity index (χ0n) is 17.9. The van der Waals surface area contributed by atoms with Crippen LogP contribution < -0.4 is 11.1 Å². The van der Waals surface area contributed by atoms with Crippen LogP contribution in [0.15, 0.2) is 0 Å². The van der Waals surface area contributed by atoms with Crippen molar-refractivity contribution in [2.24, 2.45) is 5.73 Å². The van der Waals surface area contributed by atoms with Crippen molar-refractivity contribution in [1.29, 1.82) is 0 Å². The molecule has 1 heterocycles. The molecule has 1 fully saturated rings. The fourth-order valence-electron chi connectivity index (χ4n) is 3.23. The van der Waals surface area contributed by atoms with E-state index in [1.807, 2.05) is 0 Å². The minimum Gasteiger partial charge on any atom is -0.480 e. The Morgan fingerprint density at radius 1 is 0.594 bits per heavy atom.